The number of hydrogen-bond donors (Lipinski definition) is 0. The van der Waals surface area contributed by atoms with Crippen LogP contribution in [0.15, 0.2) is 39.4 Å². The molecular formula is C18H21N3O2S2. The highest BCUT2D eigenvalue weighted by Crippen LogP contribution is 2.35. The monoisotopic (exact) mass is 375 g/mol. The van der Waals surface area contributed by atoms with E-state index in [1.165, 1.54) is 5.56 Å². The van der Waals surface area contributed by atoms with Crippen molar-refractivity contribution in [3.8, 4) is 0 Å². The zero-order valence-electron chi connectivity index (χ0n) is 14.0. The quantitative estimate of drug-likeness (QED) is 0.806. The number of ether oxygens (including phenoxy) is 1. The molecule has 1 fully saturated rings. The Morgan fingerprint density at radius 1 is 1.28 bits per heavy atom. The molecule has 7 heteroatoms. The van der Waals surface area contributed by atoms with Crippen LogP contribution in [0.5, 0.6) is 0 Å². The molecule has 2 aliphatic heterocycles. The van der Waals surface area contributed by atoms with Gasteiger partial charge in [0.1, 0.15) is 0 Å². The fourth-order valence-electron chi connectivity index (χ4n) is 3.25. The summed E-state index contributed by atoms with van der Waals surface area (Å²) in [6.07, 6.45) is 1.29. The number of thiophene rings is 2. The minimum absolute atomic E-state index is 0.0283. The number of nitrogens with zero attached hydrogens (tertiary/aromatic N) is 3. The van der Waals surface area contributed by atoms with Crippen molar-refractivity contribution in [3.05, 3.63) is 44.8 Å². The summed E-state index contributed by atoms with van der Waals surface area (Å²) in [4.78, 5) is 16.3. The van der Waals surface area contributed by atoms with Crippen molar-refractivity contribution in [2.24, 2.45) is 5.10 Å². The predicted molar refractivity (Wildman–Crippen MR) is 101 cm³/mol. The maximum Gasteiger partial charge on any atom is 0.244 e. The molecule has 0 bridgehead atoms. The number of carbonyl (C=O) groups is 1. The summed E-state index contributed by atoms with van der Waals surface area (Å²) in [6, 6.07) is 6.24. The van der Waals surface area contributed by atoms with Crippen LogP contribution in [-0.2, 0) is 9.53 Å². The van der Waals surface area contributed by atoms with E-state index >= 15 is 0 Å². The predicted octanol–water partition coefficient (Wildman–Crippen LogP) is 3.21. The van der Waals surface area contributed by atoms with Crippen molar-refractivity contribution in [3.63, 3.8) is 0 Å². The van der Waals surface area contributed by atoms with Crippen LogP contribution in [0.3, 0.4) is 0 Å². The lowest BCUT2D eigenvalue weighted by atomic mass is 10.0. The molecule has 1 atom stereocenters. The van der Waals surface area contributed by atoms with E-state index in [1.54, 1.807) is 27.7 Å². The Labute approximate surface area is 155 Å². The largest absolute Gasteiger partial charge is 0.379 e. The summed E-state index contributed by atoms with van der Waals surface area (Å²) in [7, 11) is 0. The van der Waals surface area contributed by atoms with Gasteiger partial charge in [-0.25, -0.2) is 5.01 Å². The highest BCUT2D eigenvalue weighted by molar-refractivity contribution is 7.12. The molecular weight excluding hydrogens is 354 g/mol. The second-order valence-corrected chi connectivity index (χ2v) is 7.97. The SMILES string of the molecule is O=C(CCN1CCOCC1)N1N=C(c2cccs2)C[C@H]1c1ccsc1. The van der Waals surface area contributed by atoms with Gasteiger partial charge in [-0.1, -0.05) is 6.07 Å². The molecule has 0 unspecified atom stereocenters. The van der Waals surface area contributed by atoms with E-state index in [0.717, 1.165) is 49.9 Å². The first-order valence-corrected chi connectivity index (χ1v) is 10.4. The molecule has 4 heterocycles. The van der Waals surface area contributed by atoms with Gasteiger partial charge in [-0.2, -0.15) is 16.4 Å². The van der Waals surface area contributed by atoms with E-state index in [4.69, 9.17) is 9.84 Å². The summed E-state index contributed by atoms with van der Waals surface area (Å²) in [6.45, 7) is 4.11. The van der Waals surface area contributed by atoms with Crippen LogP contribution in [0.25, 0.3) is 0 Å². The molecule has 2 aromatic heterocycles. The van der Waals surface area contributed by atoms with Crippen molar-refractivity contribution >= 4 is 34.3 Å². The third-order valence-corrected chi connectivity index (χ3v) is 6.27. The molecule has 25 heavy (non-hydrogen) atoms. The van der Waals surface area contributed by atoms with Gasteiger partial charge < -0.3 is 4.74 Å². The van der Waals surface area contributed by atoms with Gasteiger partial charge in [0.25, 0.3) is 0 Å². The molecule has 2 aromatic rings. The average molecular weight is 376 g/mol. The van der Waals surface area contributed by atoms with Gasteiger partial charge in [0.15, 0.2) is 0 Å². The smallest absolute Gasteiger partial charge is 0.244 e. The van der Waals surface area contributed by atoms with Crippen molar-refractivity contribution in [1.29, 1.82) is 0 Å². The van der Waals surface area contributed by atoms with Gasteiger partial charge in [-0.3, -0.25) is 9.69 Å². The highest BCUT2D eigenvalue weighted by atomic mass is 32.1. The molecule has 1 amide bonds. The summed E-state index contributed by atoms with van der Waals surface area (Å²) in [5.41, 5.74) is 2.20. The first kappa shape index (κ1) is 16.9. The van der Waals surface area contributed by atoms with Crippen molar-refractivity contribution in [2.45, 2.75) is 18.9 Å². The van der Waals surface area contributed by atoms with Crippen LogP contribution < -0.4 is 0 Å². The van der Waals surface area contributed by atoms with Crippen LogP contribution in [0.1, 0.15) is 29.3 Å². The normalized spacial score (nSPS) is 21.5. The molecule has 4 rings (SSSR count). The van der Waals surface area contributed by atoms with Gasteiger partial charge in [-0.15, -0.1) is 11.3 Å². The van der Waals surface area contributed by atoms with Gasteiger partial charge in [0.05, 0.1) is 29.8 Å². The lowest BCUT2D eigenvalue weighted by molar-refractivity contribution is -0.133. The highest BCUT2D eigenvalue weighted by Gasteiger charge is 2.33. The Balaban J connectivity index is 1.48. The van der Waals surface area contributed by atoms with E-state index in [-0.39, 0.29) is 11.9 Å². The van der Waals surface area contributed by atoms with Gasteiger partial charge in [0, 0.05) is 32.5 Å². The van der Waals surface area contributed by atoms with Gasteiger partial charge >= 0.3 is 0 Å². The maximum absolute atomic E-state index is 12.9. The fraction of sp³-hybridized carbons (Fsp3) is 0.444. The Morgan fingerprint density at radius 2 is 2.16 bits per heavy atom. The maximum atomic E-state index is 12.9. The molecule has 0 aliphatic carbocycles. The summed E-state index contributed by atoms with van der Waals surface area (Å²) >= 11 is 3.35. The van der Waals surface area contributed by atoms with E-state index in [9.17, 15) is 4.79 Å². The minimum Gasteiger partial charge on any atom is -0.379 e. The Morgan fingerprint density at radius 3 is 2.88 bits per heavy atom. The fourth-order valence-corrected chi connectivity index (χ4v) is 4.68. The van der Waals surface area contributed by atoms with Gasteiger partial charge in [0.2, 0.25) is 5.91 Å². The second kappa shape index (κ2) is 7.78. The van der Waals surface area contributed by atoms with Crippen LogP contribution in [0, 0.1) is 0 Å². The van der Waals surface area contributed by atoms with Crippen LogP contribution >= 0.6 is 22.7 Å². The number of morpholine rings is 1. The molecule has 0 spiro atoms. The van der Waals surface area contributed by atoms with Crippen molar-refractivity contribution < 1.29 is 9.53 Å². The molecule has 0 aromatic carbocycles. The van der Waals surface area contributed by atoms with Crippen LogP contribution in [0.2, 0.25) is 0 Å². The zero-order chi connectivity index (χ0) is 17.1. The second-order valence-electron chi connectivity index (χ2n) is 6.24. The zero-order valence-corrected chi connectivity index (χ0v) is 15.6. The third-order valence-electron chi connectivity index (χ3n) is 4.65. The van der Waals surface area contributed by atoms with E-state index < -0.39 is 0 Å². The van der Waals surface area contributed by atoms with E-state index in [0.29, 0.717) is 6.42 Å². The van der Waals surface area contributed by atoms with Crippen LogP contribution in [-0.4, -0.2) is 54.4 Å². The molecule has 0 saturated carbocycles. The number of carbonyl (C=O) groups excluding carboxylic acids is 1. The topological polar surface area (TPSA) is 45.1 Å². The molecule has 0 radical (unpaired) electrons. The number of hydrazone groups is 1. The van der Waals surface area contributed by atoms with E-state index in [2.05, 4.69) is 33.2 Å². The Kier molecular flexibility index (Phi) is 5.26. The number of rotatable bonds is 5. The standard InChI is InChI=1S/C18H21N3O2S2/c22-18(3-5-20-6-8-23-9-7-20)21-16(14-4-11-24-13-14)12-15(19-21)17-2-1-10-25-17/h1-2,4,10-11,13,16H,3,5-9,12H2/t16-/m0/s1. The van der Waals surface area contributed by atoms with E-state index in [1.807, 2.05) is 6.07 Å². The summed E-state index contributed by atoms with van der Waals surface area (Å²) in [5, 5.41) is 12.7. The number of amides is 1. The molecule has 0 N–H and O–H groups in total. The first-order chi connectivity index (χ1) is 12.3. The average Bonchev–Trinajstić information content (AvgIpc) is 3.40. The van der Waals surface area contributed by atoms with Gasteiger partial charge in [-0.05, 0) is 33.8 Å². The third kappa shape index (κ3) is 3.84. The molecule has 1 saturated heterocycles. The number of hydrogen-bond acceptors (Lipinski definition) is 6. The Hall–Kier alpha value is -1.54. The lowest BCUT2D eigenvalue weighted by Gasteiger charge is -2.27. The lowest BCUT2D eigenvalue weighted by Crippen LogP contribution is -2.39. The molecule has 132 valence electrons. The minimum atomic E-state index is 0.0283. The van der Waals surface area contributed by atoms with Crippen molar-refractivity contribution in [2.75, 3.05) is 32.8 Å². The van der Waals surface area contributed by atoms with Crippen LogP contribution in [0.4, 0.5) is 0 Å². The molecule has 5 nitrogen and oxygen atoms in total. The Bertz CT molecular complexity index is 722. The van der Waals surface area contributed by atoms with Crippen molar-refractivity contribution in [1.82, 2.24) is 9.91 Å². The summed E-state index contributed by atoms with van der Waals surface area (Å²) < 4.78 is 5.37. The summed E-state index contributed by atoms with van der Waals surface area (Å²) in [5.74, 6) is 0.106. The first-order valence-electron chi connectivity index (χ1n) is 8.57. The molecule has 2 aliphatic rings.